The molecule has 1 aliphatic heterocycles. The Morgan fingerprint density at radius 3 is 2.82 bits per heavy atom. The van der Waals surface area contributed by atoms with Crippen LogP contribution in [0.2, 0.25) is 0 Å². The molecule has 3 nitrogen and oxygen atoms in total. The Kier molecular flexibility index (Phi) is 4.40. The van der Waals surface area contributed by atoms with Crippen molar-refractivity contribution in [1.82, 2.24) is 0 Å². The van der Waals surface area contributed by atoms with Crippen molar-refractivity contribution in [3.63, 3.8) is 0 Å². The second kappa shape index (κ2) is 6.03. The largest absolute Gasteiger partial charge is 0.396 e. The second-order valence-electron chi connectivity index (χ2n) is 4.63. The highest BCUT2D eigenvalue weighted by Gasteiger charge is 2.22. The molecule has 94 valence electrons. The maximum Gasteiger partial charge on any atom is 0.0826 e. The molecular weight excluding hydrogens is 214 g/mol. The minimum Gasteiger partial charge on any atom is -0.396 e. The average molecular weight is 235 g/mol. The summed E-state index contributed by atoms with van der Waals surface area (Å²) < 4.78 is 0. The van der Waals surface area contributed by atoms with E-state index in [0.29, 0.717) is 0 Å². The molecule has 0 aromatic heterocycles. The summed E-state index contributed by atoms with van der Waals surface area (Å²) in [5, 5.41) is 18.7. The van der Waals surface area contributed by atoms with Crippen LogP contribution < -0.4 is 4.90 Å². The summed E-state index contributed by atoms with van der Waals surface area (Å²) in [7, 11) is 0. The van der Waals surface area contributed by atoms with Crippen molar-refractivity contribution in [3.8, 4) is 0 Å². The zero-order valence-corrected chi connectivity index (χ0v) is 10.2. The fourth-order valence-electron chi connectivity index (χ4n) is 2.43. The van der Waals surface area contributed by atoms with E-state index in [9.17, 15) is 5.11 Å². The van der Waals surface area contributed by atoms with Crippen molar-refractivity contribution in [1.29, 1.82) is 0 Å². The fraction of sp³-hybridized carbons (Fsp3) is 0.571. The first-order valence-corrected chi connectivity index (χ1v) is 6.45. The van der Waals surface area contributed by atoms with Gasteiger partial charge in [0.15, 0.2) is 0 Å². The van der Waals surface area contributed by atoms with Crippen LogP contribution in [-0.4, -0.2) is 29.9 Å². The van der Waals surface area contributed by atoms with Gasteiger partial charge in [0.05, 0.1) is 6.10 Å². The topological polar surface area (TPSA) is 43.7 Å². The standard InChI is InChI=1S/C14H21NO2/c16-11-5-1-4-9-15-10-8-14(17)12-6-2-3-7-13(12)15/h2-3,6-7,14,16-17H,1,4-5,8-11H2. The van der Waals surface area contributed by atoms with Crippen molar-refractivity contribution in [2.45, 2.75) is 31.8 Å². The molecule has 3 heteroatoms. The van der Waals surface area contributed by atoms with E-state index in [2.05, 4.69) is 11.0 Å². The Labute approximate surface area is 103 Å². The van der Waals surface area contributed by atoms with E-state index < -0.39 is 0 Å². The summed E-state index contributed by atoms with van der Waals surface area (Å²) >= 11 is 0. The van der Waals surface area contributed by atoms with Gasteiger partial charge in [-0.1, -0.05) is 18.2 Å². The molecule has 1 aromatic rings. The zero-order valence-electron chi connectivity index (χ0n) is 10.2. The summed E-state index contributed by atoms with van der Waals surface area (Å²) in [5.41, 5.74) is 2.23. The lowest BCUT2D eigenvalue weighted by Gasteiger charge is -2.33. The van der Waals surface area contributed by atoms with E-state index in [1.165, 1.54) is 5.69 Å². The van der Waals surface area contributed by atoms with Gasteiger partial charge in [0.2, 0.25) is 0 Å². The highest BCUT2D eigenvalue weighted by atomic mass is 16.3. The van der Waals surface area contributed by atoms with E-state index in [0.717, 1.165) is 44.3 Å². The number of unbranched alkanes of at least 4 members (excludes halogenated alkanes) is 2. The van der Waals surface area contributed by atoms with Gasteiger partial charge in [-0.3, -0.25) is 0 Å². The van der Waals surface area contributed by atoms with Crippen molar-refractivity contribution in [2.24, 2.45) is 0 Å². The van der Waals surface area contributed by atoms with E-state index in [4.69, 9.17) is 5.11 Å². The summed E-state index contributed by atoms with van der Waals surface area (Å²) in [6, 6.07) is 8.11. The third-order valence-corrected chi connectivity index (χ3v) is 3.40. The van der Waals surface area contributed by atoms with E-state index in [1.807, 2.05) is 18.2 Å². The van der Waals surface area contributed by atoms with Crippen LogP contribution >= 0.6 is 0 Å². The van der Waals surface area contributed by atoms with Crippen LogP contribution in [0.1, 0.15) is 37.4 Å². The number of rotatable bonds is 5. The lowest BCUT2D eigenvalue weighted by Crippen LogP contribution is -2.32. The highest BCUT2D eigenvalue weighted by Crippen LogP contribution is 2.33. The van der Waals surface area contributed by atoms with Crippen LogP contribution in [0.4, 0.5) is 5.69 Å². The first-order chi connectivity index (χ1) is 8.33. The normalized spacial score (nSPS) is 19.2. The number of aliphatic hydroxyl groups excluding tert-OH is 2. The fourth-order valence-corrected chi connectivity index (χ4v) is 2.43. The number of fused-ring (bicyclic) bond motifs is 1. The molecule has 2 rings (SSSR count). The first-order valence-electron chi connectivity index (χ1n) is 6.45. The quantitative estimate of drug-likeness (QED) is 0.768. The lowest BCUT2D eigenvalue weighted by atomic mass is 9.98. The molecule has 2 N–H and O–H groups in total. The smallest absolute Gasteiger partial charge is 0.0826 e. The number of hydrogen-bond donors (Lipinski definition) is 2. The minimum atomic E-state index is -0.306. The number of anilines is 1. The summed E-state index contributed by atoms with van der Waals surface area (Å²) in [6.07, 6.45) is 3.57. The number of hydrogen-bond acceptors (Lipinski definition) is 3. The van der Waals surface area contributed by atoms with Crippen molar-refractivity contribution in [2.75, 3.05) is 24.6 Å². The van der Waals surface area contributed by atoms with Crippen molar-refractivity contribution < 1.29 is 10.2 Å². The van der Waals surface area contributed by atoms with E-state index in [-0.39, 0.29) is 12.7 Å². The molecule has 1 atom stereocenters. The summed E-state index contributed by atoms with van der Waals surface area (Å²) in [4.78, 5) is 2.35. The van der Waals surface area contributed by atoms with E-state index in [1.54, 1.807) is 0 Å². The number of benzene rings is 1. The number of para-hydroxylation sites is 1. The average Bonchev–Trinajstić information content (AvgIpc) is 2.37. The van der Waals surface area contributed by atoms with Gasteiger partial charge < -0.3 is 15.1 Å². The molecule has 0 spiro atoms. The van der Waals surface area contributed by atoms with Crippen LogP contribution in [0.25, 0.3) is 0 Å². The number of nitrogens with zero attached hydrogens (tertiary/aromatic N) is 1. The summed E-state index contributed by atoms with van der Waals surface area (Å²) in [6.45, 7) is 2.23. The molecule has 0 saturated heterocycles. The molecule has 1 unspecified atom stereocenters. The molecule has 0 radical (unpaired) electrons. The van der Waals surface area contributed by atoms with Crippen LogP contribution in [0.5, 0.6) is 0 Å². The minimum absolute atomic E-state index is 0.287. The molecule has 0 aliphatic carbocycles. The molecule has 1 aromatic carbocycles. The van der Waals surface area contributed by atoms with Gasteiger partial charge in [0.1, 0.15) is 0 Å². The van der Waals surface area contributed by atoms with E-state index >= 15 is 0 Å². The molecule has 0 bridgehead atoms. The molecule has 1 heterocycles. The lowest BCUT2D eigenvalue weighted by molar-refractivity contribution is 0.164. The van der Waals surface area contributed by atoms with Gasteiger partial charge in [-0.2, -0.15) is 0 Å². The highest BCUT2D eigenvalue weighted by molar-refractivity contribution is 5.56. The van der Waals surface area contributed by atoms with Gasteiger partial charge in [-0.05, 0) is 31.7 Å². The monoisotopic (exact) mass is 235 g/mol. The Bertz CT molecular complexity index is 354. The van der Waals surface area contributed by atoms with Gasteiger partial charge in [0.25, 0.3) is 0 Å². The van der Waals surface area contributed by atoms with Gasteiger partial charge >= 0.3 is 0 Å². The van der Waals surface area contributed by atoms with Crippen LogP contribution in [-0.2, 0) is 0 Å². The van der Waals surface area contributed by atoms with Crippen LogP contribution in [0, 0.1) is 0 Å². The Balaban J connectivity index is 1.98. The van der Waals surface area contributed by atoms with Crippen LogP contribution in [0.3, 0.4) is 0 Å². The maximum atomic E-state index is 9.93. The zero-order chi connectivity index (χ0) is 12.1. The predicted molar refractivity (Wildman–Crippen MR) is 69.2 cm³/mol. The van der Waals surface area contributed by atoms with Gasteiger partial charge in [-0.25, -0.2) is 0 Å². The third-order valence-electron chi connectivity index (χ3n) is 3.40. The third kappa shape index (κ3) is 2.99. The maximum absolute atomic E-state index is 9.93. The summed E-state index contributed by atoms with van der Waals surface area (Å²) in [5.74, 6) is 0. The number of aliphatic hydroxyl groups is 2. The SMILES string of the molecule is OCCCCCN1CCC(O)c2ccccc21. The van der Waals surface area contributed by atoms with Gasteiger partial charge in [0, 0.05) is 30.9 Å². The predicted octanol–water partition coefficient (Wildman–Crippen LogP) is 2.09. The second-order valence-corrected chi connectivity index (χ2v) is 4.63. The molecule has 17 heavy (non-hydrogen) atoms. The first kappa shape index (κ1) is 12.4. The molecule has 0 fully saturated rings. The molecule has 0 saturated carbocycles. The van der Waals surface area contributed by atoms with Crippen molar-refractivity contribution >= 4 is 5.69 Å². The molecular formula is C14H21NO2. The Morgan fingerprint density at radius 1 is 1.18 bits per heavy atom. The van der Waals surface area contributed by atoms with Gasteiger partial charge in [-0.15, -0.1) is 0 Å². The van der Waals surface area contributed by atoms with Crippen LogP contribution in [0.15, 0.2) is 24.3 Å². The molecule has 0 amide bonds. The van der Waals surface area contributed by atoms with Crippen molar-refractivity contribution in [3.05, 3.63) is 29.8 Å². The molecule has 1 aliphatic rings. The Morgan fingerprint density at radius 2 is 2.00 bits per heavy atom. The Hall–Kier alpha value is -1.06.